The van der Waals surface area contributed by atoms with Crippen molar-refractivity contribution in [3.8, 4) is 0 Å². The average Bonchev–Trinajstić information content (AvgIpc) is 2.13. The number of hydrogen-bond acceptors (Lipinski definition) is 3. The summed E-state index contributed by atoms with van der Waals surface area (Å²) in [7, 11) is -3.75. The number of sulfonamides is 1. The molecule has 0 aromatic heterocycles. The summed E-state index contributed by atoms with van der Waals surface area (Å²) >= 11 is 5.11. The molecule has 0 atom stereocenters. The Labute approximate surface area is 97.7 Å². The van der Waals surface area contributed by atoms with Gasteiger partial charge >= 0.3 is 0 Å². The molecule has 0 saturated heterocycles. The van der Waals surface area contributed by atoms with Gasteiger partial charge in [-0.25, -0.2) is 12.8 Å². The summed E-state index contributed by atoms with van der Waals surface area (Å²) < 4.78 is 36.7. The number of carbonyl (C=O) groups is 1. The Balaban J connectivity index is 3.22. The molecular formula is C9H9ClFNO3S. The molecule has 0 saturated carbocycles. The van der Waals surface area contributed by atoms with Gasteiger partial charge in [0.25, 0.3) is 0 Å². The minimum absolute atomic E-state index is 0.195. The van der Waals surface area contributed by atoms with Crippen molar-refractivity contribution in [3.63, 3.8) is 0 Å². The second kappa shape index (κ2) is 4.80. The molecule has 0 spiro atoms. The van der Waals surface area contributed by atoms with Crippen LogP contribution in [0.15, 0.2) is 24.3 Å². The van der Waals surface area contributed by atoms with Crippen molar-refractivity contribution in [1.82, 2.24) is 0 Å². The van der Waals surface area contributed by atoms with Crippen LogP contribution in [0, 0.1) is 5.82 Å². The minimum atomic E-state index is -3.75. The van der Waals surface area contributed by atoms with Gasteiger partial charge in [-0.15, -0.1) is 0 Å². The molecule has 0 aliphatic heterocycles. The number of anilines is 1. The molecule has 0 aliphatic rings. The van der Waals surface area contributed by atoms with Crippen LogP contribution in [0.5, 0.6) is 0 Å². The van der Waals surface area contributed by atoms with Gasteiger partial charge < -0.3 is 0 Å². The largest absolute Gasteiger partial charge is 0.279 e. The van der Waals surface area contributed by atoms with Crippen LogP contribution in [0.3, 0.4) is 0 Å². The van der Waals surface area contributed by atoms with Gasteiger partial charge in [-0.3, -0.25) is 9.10 Å². The second-order valence-corrected chi connectivity index (χ2v) is 5.40. The molecule has 0 radical (unpaired) electrons. The highest BCUT2D eigenvalue weighted by atomic mass is 35.5. The Bertz CT molecular complexity index is 503. The topological polar surface area (TPSA) is 54.5 Å². The summed E-state index contributed by atoms with van der Waals surface area (Å²) in [6, 6.07) is 5.25. The fourth-order valence-electron chi connectivity index (χ4n) is 1.15. The summed E-state index contributed by atoms with van der Waals surface area (Å²) in [5.74, 6) is -0.731. The van der Waals surface area contributed by atoms with E-state index in [0.29, 0.717) is 4.31 Å². The molecule has 0 heterocycles. The van der Waals surface area contributed by atoms with E-state index in [1.54, 1.807) is 0 Å². The molecule has 0 aliphatic carbocycles. The third-order valence-corrected chi connectivity index (χ3v) is 3.04. The Morgan fingerprint density at radius 2 is 2.00 bits per heavy atom. The summed E-state index contributed by atoms with van der Waals surface area (Å²) in [4.78, 5) is 10.7. The van der Waals surface area contributed by atoms with Crippen LogP contribution in [-0.2, 0) is 14.8 Å². The van der Waals surface area contributed by atoms with Crippen molar-refractivity contribution < 1.29 is 17.6 Å². The van der Waals surface area contributed by atoms with Crippen molar-refractivity contribution in [2.24, 2.45) is 0 Å². The first-order valence-electron chi connectivity index (χ1n) is 4.23. The summed E-state index contributed by atoms with van der Waals surface area (Å²) in [5.41, 5.74) is -0.195. The predicted molar refractivity (Wildman–Crippen MR) is 59.4 cm³/mol. The Morgan fingerprint density at radius 1 is 1.44 bits per heavy atom. The molecule has 1 rings (SSSR count). The summed E-state index contributed by atoms with van der Waals surface area (Å²) in [6.07, 6.45) is 0.874. The van der Waals surface area contributed by atoms with Gasteiger partial charge in [0.15, 0.2) is 0 Å². The highest BCUT2D eigenvalue weighted by Crippen LogP contribution is 2.21. The lowest BCUT2D eigenvalue weighted by Crippen LogP contribution is -2.34. The number of nitrogens with zero attached hydrogens (tertiary/aromatic N) is 1. The van der Waals surface area contributed by atoms with E-state index in [-0.39, 0.29) is 5.69 Å². The quantitative estimate of drug-likeness (QED) is 0.773. The molecule has 0 amide bonds. The molecule has 7 heteroatoms. The third kappa shape index (κ3) is 3.18. The fourth-order valence-corrected chi connectivity index (χ4v) is 2.20. The first-order chi connectivity index (χ1) is 7.32. The minimum Gasteiger partial charge on any atom is -0.279 e. The molecule has 0 unspecified atom stereocenters. The van der Waals surface area contributed by atoms with Crippen LogP contribution in [0.4, 0.5) is 10.1 Å². The van der Waals surface area contributed by atoms with Crippen LogP contribution in [0.25, 0.3) is 0 Å². The Hall–Kier alpha value is -1.14. The zero-order valence-corrected chi connectivity index (χ0v) is 9.93. The maximum Gasteiger partial charge on any atom is 0.242 e. The van der Waals surface area contributed by atoms with Gasteiger partial charge in [0, 0.05) is 0 Å². The second-order valence-electron chi connectivity index (χ2n) is 3.08. The third-order valence-electron chi connectivity index (χ3n) is 1.79. The molecule has 16 heavy (non-hydrogen) atoms. The van der Waals surface area contributed by atoms with E-state index in [0.717, 1.165) is 12.3 Å². The molecule has 1 aromatic carbocycles. The van der Waals surface area contributed by atoms with E-state index in [9.17, 15) is 17.6 Å². The number of rotatable bonds is 4. The van der Waals surface area contributed by atoms with E-state index >= 15 is 0 Å². The maximum atomic E-state index is 13.4. The predicted octanol–water partition coefficient (Wildman–Crippen LogP) is 1.36. The lowest BCUT2D eigenvalue weighted by molar-refractivity contribution is -0.110. The Kier molecular flexibility index (Phi) is 3.88. The van der Waals surface area contributed by atoms with E-state index < -0.39 is 27.6 Å². The maximum absolute atomic E-state index is 13.4. The van der Waals surface area contributed by atoms with Crippen molar-refractivity contribution in [2.45, 2.75) is 0 Å². The normalized spacial score (nSPS) is 11.2. The van der Waals surface area contributed by atoms with Crippen LogP contribution in [0.2, 0.25) is 0 Å². The van der Waals surface area contributed by atoms with Gasteiger partial charge in [-0.1, -0.05) is 12.1 Å². The lowest BCUT2D eigenvalue weighted by atomic mass is 10.3. The summed E-state index contributed by atoms with van der Waals surface area (Å²) in [5, 5.41) is -0.881. The first-order valence-corrected chi connectivity index (χ1v) is 6.45. The van der Waals surface area contributed by atoms with Crippen LogP contribution < -0.4 is 4.31 Å². The number of para-hydroxylation sites is 1. The van der Waals surface area contributed by atoms with E-state index in [1.807, 2.05) is 0 Å². The molecule has 88 valence electrons. The number of carbonyl (C=O) groups excluding carboxylic acids is 1. The summed E-state index contributed by atoms with van der Waals surface area (Å²) in [6.45, 7) is -0.596. The smallest absolute Gasteiger partial charge is 0.242 e. The molecule has 1 aromatic rings. The van der Waals surface area contributed by atoms with Crippen molar-refractivity contribution in [2.75, 3.05) is 17.1 Å². The molecule has 0 bridgehead atoms. The monoisotopic (exact) mass is 265 g/mol. The van der Waals surface area contributed by atoms with E-state index in [4.69, 9.17) is 11.6 Å². The highest BCUT2D eigenvalue weighted by molar-refractivity contribution is 7.92. The van der Waals surface area contributed by atoms with Crippen molar-refractivity contribution >= 4 is 32.6 Å². The lowest BCUT2D eigenvalue weighted by Gasteiger charge is -2.20. The van der Waals surface area contributed by atoms with Crippen molar-refractivity contribution in [1.29, 1.82) is 0 Å². The van der Waals surface area contributed by atoms with E-state index in [2.05, 4.69) is 0 Å². The fraction of sp³-hybridized carbons (Fsp3) is 0.222. The van der Waals surface area contributed by atoms with Gasteiger partial charge in [-0.05, 0) is 23.7 Å². The zero-order valence-electron chi connectivity index (χ0n) is 8.35. The number of benzene rings is 1. The standard InChI is InChI=1S/C9H9ClFNO3S/c1-16(14,15)12(6-9(10)13)8-5-3-2-4-7(8)11/h2-5H,6H2,1H3. The van der Waals surface area contributed by atoms with Gasteiger partial charge in [0.2, 0.25) is 15.3 Å². The molecular weight excluding hydrogens is 257 g/mol. The van der Waals surface area contributed by atoms with E-state index in [1.165, 1.54) is 18.2 Å². The number of hydrogen-bond donors (Lipinski definition) is 0. The first kappa shape index (κ1) is 12.9. The Morgan fingerprint density at radius 3 is 2.44 bits per heavy atom. The highest BCUT2D eigenvalue weighted by Gasteiger charge is 2.22. The van der Waals surface area contributed by atoms with Crippen molar-refractivity contribution in [3.05, 3.63) is 30.1 Å². The van der Waals surface area contributed by atoms with Crippen LogP contribution in [0.1, 0.15) is 0 Å². The molecule has 0 fully saturated rings. The van der Waals surface area contributed by atoms with Crippen LogP contribution in [-0.4, -0.2) is 26.5 Å². The molecule has 0 N–H and O–H groups in total. The zero-order chi connectivity index (χ0) is 12.3. The number of halogens is 2. The SMILES string of the molecule is CS(=O)(=O)N(CC(=O)Cl)c1ccccc1F. The van der Waals surface area contributed by atoms with Crippen LogP contribution >= 0.6 is 11.6 Å². The molecule has 4 nitrogen and oxygen atoms in total. The van der Waals surface area contributed by atoms with Gasteiger partial charge in [0.05, 0.1) is 11.9 Å². The average molecular weight is 266 g/mol. The van der Waals surface area contributed by atoms with Gasteiger partial charge in [0.1, 0.15) is 12.4 Å². The van der Waals surface area contributed by atoms with Gasteiger partial charge in [-0.2, -0.15) is 0 Å².